The van der Waals surface area contributed by atoms with Gasteiger partial charge in [-0.25, -0.2) is 9.18 Å². The number of aromatic carboxylic acids is 1. The molecule has 0 saturated heterocycles. The number of carboxylic acids is 1. The molecule has 0 amide bonds. The van der Waals surface area contributed by atoms with Crippen LogP contribution in [0.5, 0.6) is 5.75 Å². The molecule has 4 heteroatoms. The number of ether oxygens (including phenoxy) is 1. The van der Waals surface area contributed by atoms with Gasteiger partial charge in [-0.15, -0.1) is 0 Å². The Bertz CT molecular complexity index is 451. The average Bonchev–Trinajstić information content (AvgIpc) is 2.39. The zero-order valence-corrected chi connectivity index (χ0v) is 11.1. The van der Waals surface area contributed by atoms with E-state index in [4.69, 9.17) is 9.84 Å². The zero-order chi connectivity index (χ0) is 13.8. The molecule has 1 aliphatic rings. The molecule has 0 atom stereocenters. The number of rotatable bonds is 4. The number of carboxylic acid groups (broad SMARTS) is 1. The van der Waals surface area contributed by atoms with Gasteiger partial charge in [0.2, 0.25) is 0 Å². The van der Waals surface area contributed by atoms with Crippen molar-refractivity contribution in [3.05, 3.63) is 29.6 Å². The van der Waals surface area contributed by atoms with Gasteiger partial charge in [-0.2, -0.15) is 0 Å². The summed E-state index contributed by atoms with van der Waals surface area (Å²) in [5.41, 5.74) is -0.318. The van der Waals surface area contributed by atoms with Gasteiger partial charge in [-0.1, -0.05) is 13.3 Å². The van der Waals surface area contributed by atoms with Crippen LogP contribution in [0.2, 0.25) is 0 Å². The minimum absolute atomic E-state index is 0.123. The van der Waals surface area contributed by atoms with E-state index in [1.807, 2.05) is 0 Å². The van der Waals surface area contributed by atoms with Gasteiger partial charge < -0.3 is 9.84 Å². The third-order valence-electron chi connectivity index (χ3n) is 3.84. The van der Waals surface area contributed by atoms with Crippen LogP contribution < -0.4 is 4.74 Å². The molecule has 104 valence electrons. The van der Waals surface area contributed by atoms with Gasteiger partial charge in [0.25, 0.3) is 0 Å². The van der Waals surface area contributed by atoms with E-state index in [2.05, 4.69) is 6.92 Å². The first kappa shape index (κ1) is 13.8. The molecule has 3 nitrogen and oxygen atoms in total. The summed E-state index contributed by atoms with van der Waals surface area (Å²) in [6.45, 7) is 2.20. The van der Waals surface area contributed by atoms with Crippen molar-refractivity contribution in [2.24, 2.45) is 5.92 Å². The maximum atomic E-state index is 13.5. The topological polar surface area (TPSA) is 46.5 Å². The van der Waals surface area contributed by atoms with Crippen LogP contribution in [0, 0.1) is 11.7 Å². The molecular formula is C15H19FO3. The predicted molar refractivity (Wildman–Crippen MR) is 70.0 cm³/mol. The van der Waals surface area contributed by atoms with Crippen LogP contribution in [-0.4, -0.2) is 17.2 Å². The fourth-order valence-corrected chi connectivity index (χ4v) is 2.59. The Morgan fingerprint density at radius 1 is 1.37 bits per heavy atom. The highest BCUT2D eigenvalue weighted by Crippen LogP contribution is 2.29. The molecule has 1 N–H and O–H groups in total. The van der Waals surface area contributed by atoms with E-state index in [1.165, 1.54) is 18.6 Å². The highest BCUT2D eigenvalue weighted by Gasteiger charge is 2.21. The summed E-state index contributed by atoms with van der Waals surface area (Å²) in [4.78, 5) is 10.7. The van der Waals surface area contributed by atoms with E-state index >= 15 is 0 Å². The number of halogens is 1. The third kappa shape index (κ3) is 3.46. The van der Waals surface area contributed by atoms with Gasteiger partial charge in [0, 0.05) is 6.07 Å². The molecule has 0 bridgehead atoms. The standard InChI is InChI=1S/C15H19FO3/c1-2-10-3-5-11(6-4-10)19-12-7-8-13(15(17)18)14(16)9-12/h7-11H,2-6H2,1H3,(H,17,18). The van der Waals surface area contributed by atoms with Crippen LogP contribution in [0.4, 0.5) is 4.39 Å². The monoisotopic (exact) mass is 266 g/mol. The molecule has 0 aromatic heterocycles. The Kier molecular flexibility index (Phi) is 4.40. The Hall–Kier alpha value is -1.58. The maximum Gasteiger partial charge on any atom is 0.338 e. The molecule has 2 rings (SSSR count). The number of carbonyl (C=O) groups is 1. The summed E-state index contributed by atoms with van der Waals surface area (Å²) in [6.07, 6.45) is 5.60. The molecule has 0 radical (unpaired) electrons. The van der Waals surface area contributed by atoms with Gasteiger partial charge in [0.15, 0.2) is 0 Å². The van der Waals surface area contributed by atoms with E-state index in [1.54, 1.807) is 0 Å². The molecule has 0 aliphatic heterocycles. The molecule has 1 fully saturated rings. The summed E-state index contributed by atoms with van der Waals surface area (Å²) >= 11 is 0. The summed E-state index contributed by atoms with van der Waals surface area (Å²) in [6, 6.07) is 3.94. The molecule has 1 aromatic carbocycles. The maximum absolute atomic E-state index is 13.5. The summed E-state index contributed by atoms with van der Waals surface area (Å²) in [7, 11) is 0. The van der Waals surface area contributed by atoms with Crippen molar-refractivity contribution in [1.82, 2.24) is 0 Å². The molecule has 0 unspecified atom stereocenters. The van der Waals surface area contributed by atoms with E-state index < -0.39 is 11.8 Å². The van der Waals surface area contributed by atoms with Crippen LogP contribution in [0.3, 0.4) is 0 Å². The van der Waals surface area contributed by atoms with Gasteiger partial charge >= 0.3 is 5.97 Å². The summed E-state index contributed by atoms with van der Waals surface area (Å²) in [5, 5.41) is 8.75. The van der Waals surface area contributed by atoms with E-state index in [9.17, 15) is 9.18 Å². The molecule has 0 heterocycles. The lowest BCUT2D eigenvalue weighted by molar-refractivity contribution is 0.0691. The van der Waals surface area contributed by atoms with Crippen molar-refractivity contribution >= 4 is 5.97 Å². The minimum atomic E-state index is -1.26. The van der Waals surface area contributed by atoms with Crippen molar-refractivity contribution in [2.75, 3.05) is 0 Å². The highest BCUT2D eigenvalue weighted by molar-refractivity contribution is 5.88. The van der Waals surface area contributed by atoms with Crippen LogP contribution >= 0.6 is 0 Å². The Morgan fingerprint density at radius 2 is 2.05 bits per heavy atom. The van der Waals surface area contributed by atoms with Crippen LogP contribution in [-0.2, 0) is 0 Å². The Balaban J connectivity index is 1.97. The predicted octanol–water partition coefficient (Wildman–Crippen LogP) is 3.87. The van der Waals surface area contributed by atoms with Crippen molar-refractivity contribution in [3.8, 4) is 5.75 Å². The fourth-order valence-electron chi connectivity index (χ4n) is 2.59. The first-order valence-electron chi connectivity index (χ1n) is 6.79. The molecule has 1 aromatic rings. The van der Waals surface area contributed by atoms with Gasteiger partial charge in [0.05, 0.1) is 11.7 Å². The number of hydrogen-bond acceptors (Lipinski definition) is 2. The van der Waals surface area contributed by atoms with Crippen molar-refractivity contribution in [3.63, 3.8) is 0 Å². The van der Waals surface area contributed by atoms with Crippen LogP contribution in [0.15, 0.2) is 18.2 Å². The molecule has 1 aliphatic carbocycles. The molecular weight excluding hydrogens is 247 g/mol. The normalized spacial score (nSPS) is 23.1. The molecule has 0 spiro atoms. The lowest BCUT2D eigenvalue weighted by Gasteiger charge is -2.28. The quantitative estimate of drug-likeness (QED) is 0.899. The summed E-state index contributed by atoms with van der Waals surface area (Å²) < 4.78 is 19.2. The lowest BCUT2D eigenvalue weighted by atomic mass is 9.86. The second kappa shape index (κ2) is 6.04. The minimum Gasteiger partial charge on any atom is -0.490 e. The largest absolute Gasteiger partial charge is 0.490 e. The van der Waals surface area contributed by atoms with Gasteiger partial charge in [0.1, 0.15) is 11.6 Å². The van der Waals surface area contributed by atoms with Gasteiger partial charge in [-0.05, 0) is 43.7 Å². The molecule has 1 saturated carbocycles. The summed E-state index contributed by atoms with van der Waals surface area (Å²) in [5.74, 6) is -0.798. The van der Waals surface area contributed by atoms with Crippen LogP contribution in [0.25, 0.3) is 0 Å². The van der Waals surface area contributed by atoms with Gasteiger partial charge in [-0.3, -0.25) is 0 Å². The second-order valence-electron chi connectivity index (χ2n) is 5.12. The fraction of sp³-hybridized carbons (Fsp3) is 0.533. The smallest absolute Gasteiger partial charge is 0.338 e. The second-order valence-corrected chi connectivity index (χ2v) is 5.12. The van der Waals surface area contributed by atoms with Crippen molar-refractivity contribution < 1.29 is 19.0 Å². The number of benzene rings is 1. The Labute approximate surface area is 112 Å². The first-order chi connectivity index (χ1) is 9.10. The van der Waals surface area contributed by atoms with Crippen molar-refractivity contribution in [1.29, 1.82) is 0 Å². The van der Waals surface area contributed by atoms with Crippen molar-refractivity contribution in [2.45, 2.75) is 45.1 Å². The van der Waals surface area contributed by atoms with Crippen LogP contribution in [0.1, 0.15) is 49.4 Å². The first-order valence-corrected chi connectivity index (χ1v) is 6.79. The Morgan fingerprint density at radius 3 is 2.58 bits per heavy atom. The van der Waals surface area contributed by atoms with E-state index in [0.717, 1.165) is 37.7 Å². The third-order valence-corrected chi connectivity index (χ3v) is 3.84. The van der Waals surface area contributed by atoms with E-state index in [0.29, 0.717) is 5.75 Å². The molecule has 19 heavy (non-hydrogen) atoms. The number of hydrogen-bond donors (Lipinski definition) is 1. The highest BCUT2D eigenvalue weighted by atomic mass is 19.1. The lowest BCUT2D eigenvalue weighted by Crippen LogP contribution is -2.24. The zero-order valence-electron chi connectivity index (χ0n) is 11.1. The average molecular weight is 266 g/mol. The van der Waals surface area contributed by atoms with E-state index in [-0.39, 0.29) is 11.7 Å². The SMILES string of the molecule is CCC1CCC(Oc2ccc(C(=O)O)c(F)c2)CC1.